The van der Waals surface area contributed by atoms with Gasteiger partial charge in [0.2, 0.25) is 0 Å². The highest BCUT2D eigenvalue weighted by molar-refractivity contribution is 6.09. The third-order valence-corrected chi connectivity index (χ3v) is 4.76. The minimum atomic E-state index is -0.634. The summed E-state index contributed by atoms with van der Waals surface area (Å²) >= 11 is 0. The van der Waals surface area contributed by atoms with Gasteiger partial charge in [0.05, 0.1) is 11.8 Å². The first-order valence-corrected chi connectivity index (χ1v) is 8.54. The fourth-order valence-electron chi connectivity index (χ4n) is 3.45. The van der Waals surface area contributed by atoms with E-state index in [4.69, 9.17) is 4.42 Å². The SMILES string of the molecule is CC(C)C(=O)C1=C(O)C(=O)N(CCN2CCCC2)C1c1ccco1. The Morgan fingerprint density at radius 1 is 1.33 bits per heavy atom. The molecule has 1 aromatic rings. The van der Waals surface area contributed by atoms with Crippen LogP contribution < -0.4 is 0 Å². The quantitative estimate of drug-likeness (QED) is 0.865. The molecule has 1 N–H and O–H groups in total. The lowest BCUT2D eigenvalue weighted by atomic mass is 9.94. The zero-order valence-electron chi connectivity index (χ0n) is 14.2. The van der Waals surface area contributed by atoms with Gasteiger partial charge in [-0.2, -0.15) is 0 Å². The minimum Gasteiger partial charge on any atom is -0.503 e. The van der Waals surface area contributed by atoms with E-state index < -0.39 is 17.7 Å². The molecule has 1 aromatic heterocycles. The van der Waals surface area contributed by atoms with Crippen LogP contribution in [0.15, 0.2) is 34.1 Å². The maximum absolute atomic E-state index is 12.6. The monoisotopic (exact) mass is 332 g/mol. The first kappa shape index (κ1) is 16.8. The van der Waals surface area contributed by atoms with E-state index in [9.17, 15) is 14.7 Å². The lowest BCUT2D eigenvalue weighted by Gasteiger charge is -2.27. The molecule has 0 aromatic carbocycles. The molecule has 6 nitrogen and oxygen atoms in total. The van der Waals surface area contributed by atoms with Crippen molar-refractivity contribution in [3.63, 3.8) is 0 Å². The van der Waals surface area contributed by atoms with Crippen LogP contribution in [0.2, 0.25) is 0 Å². The molecule has 130 valence electrons. The van der Waals surface area contributed by atoms with Crippen molar-refractivity contribution in [1.82, 2.24) is 9.80 Å². The normalized spacial score (nSPS) is 22.2. The van der Waals surface area contributed by atoms with Crippen molar-refractivity contribution in [2.24, 2.45) is 5.92 Å². The molecule has 2 aliphatic heterocycles. The number of likely N-dealkylation sites (tertiary alicyclic amines) is 1. The summed E-state index contributed by atoms with van der Waals surface area (Å²) in [4.78, 5) is 29.0. The van der Waals surface area contributed by atoms with Gasteiger partial charge >= 0.3 is 0 Å². The number of carbonyl (C=O) groups excluding carboxylic acids is 2. The lowest BCUT2D eigenvalue weighted by Crippen LogP contribution is -2.38. The zero-order valence-corrected chi connectivity index (χ0v) is 14.2. The predicted octanol–water partition coefficient (Wildman–Crippen LogP) is 2.30. The summed E-state index contributed by atoms with van der Waals surface area (Å²) in [6, 6.07) is 2.84. The van der Waals surface area contributed by atoms with Gasteiger partial charge in [0, 0.05) is 19.0 Å². The fraction of sp³-hybridized carbons (Fsp3) is 0.556. The Hall–Kier alpha value is -2.08. The van der Waals surface area contributed by atoms with E-state index in [2.05, 4.69) is 4.90 Å². The molecule has 0 spiro atoms. The van der Waals surface area contributed by atoms with Gasteiger partial charge in [-0.1, -0.05) is 13.8 Å². The average Bonchev–Trinajstić information content (AvgIpc) is 3.28. The first-order chi connectivity index (χ1) is 11.5. The number of aliphatic hydroxyl groups is 1. The molecule has 6 heteroatoms. The van der Waals surface area contributed by atoms with E-state index in [0.717, 1.165) is 19.6 Å². The van der Waals surface area contributed by atoms with Gasteiger partial charge in [-0.15, -0.1) is 0 Å². The predicted molar refractivity (Wildman–Crippen MR) is 88.3 cm³/mol. The van der Waals surface area contributed by atoms with Crippen molar-refractivity contribution in [3.8, 4) is 0 Å². The molecule has 0 aliphatic carbocycles. The Kier molecular flexibility index (Phi) is 4.76. The van der Waals surface area contributed by atoms with Crippen molar-refractivity contribution < 1.29 is 19.1 Å². The van der Waals surface area contributed by atoms with E-state index in [1.54, 1.807) is 30.9 Å². The maximum Gasteiger partial charge on any atom is 0.290 e. The standard InChI is InChI=1S/C18H24N2O4/c1-12(2)16(21)14-15(13-6-5-11-24-13)20(18(23)17(14)22)10-9-19-7-3-4-8-19/h5-6,11-12,15,22H,3-4,7-10H2,1-2H3. The van der Waals surface area contributed by atoms with Gasteiger partial charge in [0.25, 0.3) is 5.91 Å². The minimum absolute atomic E-state index is 0.159. The summed E-state index contributed by atoms with van der Waals surface area (Å²) in [6.07, 6.45) is 3.87. The Balaban J connectivity index is 1.87. The number of aliphatic hydroxyl groups excluding tert-OH is 1. The number of amides is 1. The van der Waals surface area contributed by atoms with E-state index in [1.807, 2.05) is 0 Å². The van der Waals surface area contributed by atoms with Crippen LogP contribution in [0.3, 0.4) is 0 Å². The molecule has 1 saturated heterocycles. The van der Waals surface area contributed by atoms with Crippen LogP contribution in [0.4, 0.5) is 0 Å². The lowest BCUT2D eigenvalue weighted by molar-refractivity contribution is -0.129. The highest BCUT2D eigenvalue weighted by Crippen LogP contribution is 2.38. The molecular weight excluding hydrogens is 308 g/mol. The molecule has 0 saturated carbocycles. The highest BCUT2D eigenvalue weighted by Gasteiger charge is 2.45. The summed E-state index contributed by atoms with van der Waals surface area (Å²) in [6.45, 7) is 6.79. The van der Waals surface area contributed by atoms with Crippen molar-refractivity contribution in [3.05, 3.63) is 35.5 Å². The van der Waals surface area contributed by atoms with E-state index in [1.165, 1.54) is 19.1 Å². The van der Waals surface area contributed by atoms with Crippen molar-refractivity contribution in [1.29, 1.82) is 0 Å². The number of carbonyl (C=O) groups is 2. The molecule has 1 amide bonds. The van der Waals surface area contributed by atoms with E-state index in [0.29, 0.717) is 12.3 Å². The summed E-state index contributed by atoms with van der Waals surface area (Å²) in [5.41, 5.74) is 0.159. The Morgan fingerprint density at radius 2 is 2.04 bits per heavy atom. The maximum atomic E-state index is 12.6. The number of hydrogen-bond donors (Lipinski definition) is 1. The second kappa shape index (κ2) is 6.81. The molecule has 1 atom stereocenters. The fourth-order valence-corrected chi connectivity index (χ4v) is 3.45. The molecule has 24 heavy (non-hydrogen) atoms. The summed E-state index contributed by atoms with van der Waals surface area (Å²) in [5, 5.41) is 10.3. The van der Waals surface area contributed by atoms with Gasteiger partial charge in [-0.3, -0.25) is 9.59 Å². The molecule has 0 bridgehead atoms. The molecule has 0 radical (unpaired) electrons. The second-order valence-electron chi connectivity index (χ2n) is 6.75. The van der Waals surface area contributed by atoms with E-state index >= 15 is 0 Å². The first-order valence-electron chi connectivity index (χ1n) is 8.54. The highest BCUT2D eigenvalue weighted by atomic mass is 16.3. The van der Waals surface area contributed by atoms with Crippen molar-refractivity contribution >= 4 is 11.7 Å². The number of rotatable bonds is 6. The molecular formula is C18H24N2O4. The van der Waals surface area contributed by atoms with Crippen LogP contribution in [-0.4, -0.2) is 52.8 Å². The molecule has 3 heterocycles. The summed E-state index contributed by atoms with van der Waals surface area (Å²) in [5.74, 6) is -0.925. The number of furan rings is 1. The summed E-state index contributed by atoms with van der Waals surface area (Å²) < 4.78 is 5.47. The number of nitrogens with zero attached hydrogens (tertiary/aromatic N) is 2. The van der Waals surface area contributed by atoms with Crippen molar-refractivity contribution in [2.75, 3.05) is 26.2 Å². The van der Waals surface area contributed by atoms with Gasteiger partial charge in [0.15, 0.2) is 11.5 Å². The Labute approximate surface area is 141 Å². The molecule has 1 fully saturated rings. The van der Waals surface area contributed by atoms with E-state index in [-0.39, 0.29) is 17.3 Å². The molecule has 3 rings (SSSR count). The van der Waals surface area contributed by atoms with Crippen molar-refractivity contribution in [2.45, 2.75) is 32.7 Å². The number of ketones is 1. The van der Waals surface area contributed by atoms with Gasteiger partial charge in [0.1, 0.15) is 11.8 Å². The third-order valence-electron chi connectivity index (χ3n) is 4.76. The van der Waals surface area contributed by atoms with Crippen LogP contribution >= 0.6 is 0 Å². The van der Waals surface area contributed by atoms with Crippen LogP contribution in [0.1, 0.15) is 38.5 Å². The largest absolute Gasteiger partial charge is 0.503 e. The zero-order chi connectivity index (χ0) is 17.3. The Morgan fingerprint density at radius 3 is 2.62 bits per heavy atom. The van der Waals surface area contributed by atoms with Crippen LogP contribution in [0.25, 0.3) is 0 Å². The third kappa shape index (κ3) is 2.98. The summed E-state index contributed by atoms with van der Waals surface area (Å²) in [7, 11) is 0. The van der Waals surface area contributed by atoms with Crippen LogP contribution in [0.5, 0.6) is 0 Å². The smallest absolute Gasteiger partial charge is 0.290 e. The number of hydrogen-bond acceptors (Lipinski definition) is 5. The Bertz CT molecular complexity index is 642. The van der Waals surface area contributed by atoms with Gasteiger partial charge in [-0.25, -0.2) is 0 Å². The van der Waals surface area contributed by atoms with Gasteiger partial charge in [-0.05, 0) is 38.1 Å². The molecule has 2 aliphatic rings. The van der Waals surface area contributed by atoms with Gasteiger partial charge < -0.3 is 19.3 Å². The average molecular weight is 332 g/mol. The van der Waals surface area contributed by atoms with Crippen LogP contribution in [-0.2, 0) is 9.59 Å². The molecule has 1 unspecified atom stereocenters. The topological polar surface area (TPSA) is 74.0 Å². The number of Topliss-reactive ketones (excluding diaryl/α,β-unsaturated/α-hetero) is 1. The van der Waals surface area contributed by atoms with Crippen LogP contribution in [0, 0.1) is 5.92 Å². The second-order valence-corrected chi connectivity index (χ2v) is 6.75.